The standard InChI is InChI=1S/C18H35N3/c1-3-4-5-6-7-8-9-10-11-12-13-14-18-20-15-16-21(18)17(2)19/h3,15-18,20H,1,4-14,19H2,2H3. The third kappa shape index (κ3) is 8.15. The van der Waals surface area contributed by atoms with E-state index < -0.39 is 0 Å². The van der Waals surface area contributed by atoms with Gasteiger partial charge in [0.15, 0.2) is 0 Å². The van der Waals surface area contributed by atoms with Crippen LogP contribution < -0.4 is 11.1 Å². The quantitative estimate of drug-likeness (QED) is 0.389. The molecule has 3 nitrogen and oxygen atoms in total. The molecule has 1 aliphatic heterocycles. The molecule has 2 unspecified atom stereocenters. The van der Waals surface area contributed by atoms with Crippen LogP contribution in [0.15, 0.2) is 25.1 Å². The Morgan fingerprint density at radius 2 is 1.67 bits per heavy atom. The molecule has 3 heteroatoms. The second-order valence-corrected chi connectivity index (χ2v) is 6.23. The first-order valence-corrected chi connectivity index (χ1v) is 8.82. The second kappa shape index (κ2) is 11.7. The number of unbranched alkanes of at least 4 members (excludes halogenated alkanes) is 9. The lowest BCUT2D eigenvalue weighted by molar-refractivity contribution is 0.208. The normalized spacial score (nSPS) is 18.8. The molecule has 0 amide bonds. The van der Waals surface area contributed by atoms with E-state index in [1.54, 1.807) is 0 Å². The molecule has 21 heavy (non-hydrogen) atoms. The number of allylic oxidation sites excluding steroid dienone is 1. The van der Waals surface area contributed by atoms with E-state index >= 15 is 0 Å². The van der Waals surface area contributed by atoms with Crippen molar-refractivity contribution in [1.82, 2.24) is 10.2 Å². The highest BCUT2D eigenvalue weighted by Crippen LogP contribution is 2.16. The summed E-state index contributed by atoms with van der Waals surface area (Å²) in [6, 6.07) is 0. The maximum atomic E-state index is 5.95. The molecule has 0 fully saturated rings. The van der Waals surface area contributed by atoms with Gasteiger partial charge in [-0.05, 0) is 32.6 Å². The highest BCUT2D eigenvalue weighted by atomic mass is 15.3. The van der Waals surface area contributed by atoms with E-state index in [-0.39, 0.29) is 6.17 Å². The molecule has 0 bridgehead atoms. The van der Waals surface area contributed by atoms with Gasteiger partial charge in [-0.2, -0.15) is 0 Å². The van der Waals surface area contributed by atoms with Gasteiger partial charge in [0.25, 0.3) is 0 Å². The Kier molecular flexibility index (Phi) is 10.1. The first-order chi connectivity index (χ1) is 10.3. The van der Waals surface area contributed by atoms with Crippen molar-refractivity contribution in [1.29, 1.82) is 0 Å². The summed E-state index contributed by atoms with van der Waals surface area (Å²) in [7, 11) is 0. The summed E-state index contributed by atoms with van der Waals surface area (Å²) < 4.78 is 0. The molecule has 0 aromatic rings. The molecule has 0 aromatic carbocycles. The van der Waals surface area contributed by atoms with E-state index in [1.165, 1.54) is 70.6 Å². The molecule has 122 valence electrons. The summed E-state index contributed by atoms with van der Waals surface area (Å²) >= 11 is 0. The Balaban J connectivity index is 1.86. The van der Waals surface area contributed by atoms with Crippen LogP contribution in [0.25, 0.3) is 0 Å². The number of nitrogens with one attached hydrogen (secondary N) is 1. The summed E-state index contributed by atoms with van der Waals surface area (Å²) in [4.78, 5) is 2.21. The van der Waals surface area contributed by atoms with Gasteiger partial charge in [0.1, 0.15) is 0 Å². The van der Waals surface area contributed by atoms with Crippen molar-refractivity contribution in [3.8, 4) is 0 Å². The largest absolute Gasteiger partial charge is 0.370 e. The average molecular weight is 293 g/mol. The summed E-state index contributed by atoms with van der Waals surface area (Å²) in [5.74, 6) is 0. The molecule has 0 saturated heterocycles. The zero-order valence-corrected chi connectivity index (χ0v) is 13.9. The zero-order chi connectivity index (χ0) is 15.3. The van der Waals surface area contributed by atoms with Crippen LogP contribution in [0, 0.1) is 0 Å². The van der Waals surface area contributed by atoms with Gasteiger partial charge in [-0.1, -0.05) is 51.0 Å². The van der Waals surface area contributed by atoms with Gasteiger partial charge in [0, 0.05) is 12.4 Å². The van der Waals surface area contributed by atoms with Gasteiger partial charge in [-0.15, -0.1) is 6.58 Å². The zero-order valence-electron chi connectivity index (χ0n) is 13.9. The Morgan fingerprint density at radius 3 is 2.24 bits per heavy atom. The van der Waals surface area contributed by atoms with E-state index in [2.05, 4.69) is 23.0 Å². The van der Waals surface area contributed by atoms with Crippen LogP contribution in [0.3, 0.4) is 0 Å². The number of nitrogens with zero attached hydrogens (tertiary/aromatic N) is 1. The first kappa shape index (κ1) is 18.1. The Hall–Kier alpha value is -0.960. The maximum Gasteiger partial charge on any atom is 0.0995 e. The van der Waals surface area contributed by atoms with Crippen LogP contribution in [0.5, 0.6) is 0 Å². The summed E-state index contributed by atoms with van der Waals surface area (Å²) in [6.07, 6.45) is 21.3. The van der Waals surface area contributed by atoms with E-state index in [4.69, 9.17) is 5.73 Å². The van der Waals surface area contributed by atoms with Crippen molar-refractivity contribution in [2.75, 3.05) is 0 Å². The monoisotopic (exact) mass is 293 g/mol. The lowest BCUT2D eigenvalue weighted by atomic mass is 10.1. The van der Waals surface area contributed by atoms with Crippen molar-refractivity contribution >= 4 is 0 Å². The molecule has 0 saturated carbocycles. The molecule has 1 aliphatic rings. The molecule has 1 rings (SSSR count). The Labute approximate surface area is 131 Å². The molecule has 0 aromatic heterocycles. The Morgan fingerprint density at radius 1 is 1.10 bits per heavy atom. The first-order valence-electron chi connectivity index (χ1n) is 8.82. The molecule has 0 spiro atoms. The van der Waals surface area contributed by atoms with Crippen LogP contribution >= 0.6 is 0 Å². The molecule has 1 heterocycles. The minimum atomic E-state index is 0.0994. The molecule has 0 radical (unpaired) electrons. The molecule has 2 atom stereocenters. The summed E-state index contributed by atoms with van der Waals surface area (Å²) in [6.45, 7) is 5.80. The molecular formula is C18H35N3. The van der Waals surface area contributed by atoms with Gasteiger partial charge in [-0.25, -0.2) is 0 Å². The van der Waals surface area contributed by atoms with Crippen LogP contribution in [0.1, 0.15) is 77.6 Å². The van der Waals surface area contributed by atoms with E-state index in [9.17, 15) is 0 Å². The van der Waals surface area contributed by atoms with E-state index in [1.807, 2.05) is 19.2 Å². The van der Waals surface area contributed by atoms with Crippen LogP contribution in [0.4, 0.5) is 0 Å². The van der Waals surface area contributed by atoms with Crippen molar-refractivity contribution in [2.45, 2.75) is 89.9 Å². The van der Waals surface area contributed by atoms with Gasteiger partial charge in [0.2, 0.25) is 0 Å². The number of hydrogen-bond acceptors (Lipinski definition) is 3. The lowest BCUT2D eigenvalue weighted by Crippen LogP contribution is -2.44. The predicted octanol–water partition coefficient (Wildman–Crippen LogP) is 4.47. The van der Waals surface area contributed by atoms with Crippen molar-refractivity contribution in [3.63, 3.8) is 0 Å². The smallest absolute Gasteiger partial charge is 0.0995 e. The van der Waals surface area contributed by atoms with Gasteiger partial charge < -0.3 is 16.0 Å². The maximum absolute atomic E-state index is 5.95. The molecule has 0 aliphatic carbocycles. The fourth-order valence-electron chi connectivity index (χ4n) is 2.95. The molecule has 3 N–H and O–H groups in total. The highest BCUT2D eigenvalue weighted by Gasteiger charge is 2.20. The fraction of sp³-hybridized carbons (Fsp3) is 0.778. The fourth-order valence-corrected chi connectivity index (χ4v) is 2.95. The van der Waals surface area contributed by atoms with Gasteiger partial charge >= 0.3 is 0 Å². The summed E-state index contributed by atoms with van der Waals surface area (Å²) in [5.41, 5.74) is 5.95. The predicted molar refractivity (Wildman–Crippen MR) is 92.5 cm³/mol. The van der Waals surface area contributed by atoms with Crippen LogP contribution in [0.2, 0.25) is 0 Å². The third-order valence-electron chi connectivity index (χ3n) is 4.25. The highest BCUT2D eigenvalue weighted by molar-refractivity contribution is 4.95. The number of rotatable bonds is 13. The molecular weight excluding hydrogens is 258 g/mol. The van der Waals surface area contributed by atoms with Gasteiger partial charge in [0.05, 0.1) is 12.3 Å². The van der Waals surface area contributed by atoms with Crippen LogP contribution in [-0.4, -0.2) is 17.2 Å². The van der Waals surface area contributed by atoms with E-state index in [0.29, 0.717) is 6.17 Å². The van der Waals surface area contributed by atoms with Crippen molar-refractivity contribution < 1.29 is 0 Å². The van der Waals surface area contributed by atoms with Crippen LogP contribution in [-0.2, 0) is 0 Å². The van der Waals surface area contributed by atoms with Crippen molar-refractivity contribution in [2.24, 2.45) is 5.73 Å². The number of nitrogens with two attached hydrogens (primary N) is 1. The second-order valence-electron chi connectivity index (χ2n) is 6.23. The van der Waals surface area contributed by atoms with Gasteiger partial charge in [-0.3, -0.25) is 0 Å². The topological polar surface area (TPSA) is 41.3 Å². The van der Waals surface area contributed by atoms with Crippen molar-refractivity contribution in [3.05, 3.63) is 25.1 Å². The SMILES string of the molecule is C=CCCCCCCCCCCCC1NC=CN1C(C)N. The average Bonchev–Trinajstić information content (AvgIpc) is 2.93. The Bertz CT molecular complexity index is 286. The minimum absolute atomic E-state index is 0.0994. The van der Waals surface area contributed by atoms with E-state index in [0.717, 1.165) is 0 Å². The minimum Gasteiger partial charge on any atom is -0.370 e. The lowest BCUT2D eigenvalue weighted by Gasteiger charge is -2.28. The third-order valence-corrected chi connectivity index (χ3v) is 4.25. The summed E-state index contributed by atoms with van der Waals surface area (Å²) in [5, 5.41) is 3.38. The number of hydrogen-bond donors (Lipinski definition) is 2.